The maximum atomic E-state index is 12.9. The van der Waals surface area contributed by atoms with Gasteiger partial charge >= 0.3 is 5.97 Å². The number of aromatic nitrogens is 1. The molecule has 0 unspecified atom stereocenters. The number of rotatable bonds is 3. The van der Waals surface area contributed by atoms with Crippen molar-refractivity contribution in [1.82, 2.24) is 4.57 Å². The van der Waals surface area contributed by atoms with Crippen molar-refractivity contribution < 1.29 is 19.0 Å². The number of hydrogen-bond acceptors (Lipinski definition) is 3. The predicted molar refractivity (Wildman–Crippen MR) is 65.5 cm³/mol. The molecule has 1 N–H and O–H groups in total. The van der Waals surface area contributed by atoms with Crippen molar-refractivity contribution in [3.8, 4) is 11.4 Å². The highest BCUT2D eigenvalue weighted by Gasteiger charge is 2.14. The highest BCUT2D eigenvalue weighted by atomic mass is 19.1. The monoisotopic (exact) mass is 263 g/mol. The Balaban J connectivity index is 2.69. The summed E-state index contributed by atoms with van der Waals surface area (Å²) >= 11 is 0. The van der Waals surface area contributed by atoms with Crippen LogP contribution >= 0.6 is 0 Å². The zero-order valence-corrected chi connectivity index (χ0v) is 9.96. The molecule has 0 bridgehead atoms. The lowest BCUT2D eigenvalue weighted by atomic mass is 10.2. The molecule has 1 aromatic carbocycles. The molecule has 0 radical (unpaired) electrons. The van der Waals surface area contributed by atoms with Crippen LogP contribution in [-0.4, -0.2) is 22.8 Å². The van der Waals surface area contributed by atoms with E-state index < -0.39 is 17.2 Å². The molecule has 0 saturated heterocycles. The largest absolute Gasteiger partial charge is 0.491 e. The first kappa shape index (κ1) is 12.8. The normalized spacial score (nSPS) is 10.2. The molecule has 0 fully saturated rings. The van der Waals surface area contributed by atoms with Gasteiger partial charge in [-0.1, -0.05) is 0 Å². The van der Waals surface area contributed by atoms with Crippen LogP contribution in [0.3, 0.4) is 0 Å². The molecule has 0 atom stereocenters. The molecule has 1 aromatic heterocycles. The first-order chi connectivity index (χ1) is 9.02. The fraction of sp³-hybridized carbons (Fsp3) is 0.0769. The summed E-state index contributed by atoms with van der Waals surface area (Å²) in [5.74, 6) is -1.69. The molecule has 0 aliphatic rings. The van der Waals surface area contributed by atoms with Gasteiger partial charge in [-0.2, -0.15) is 0 Å². The summed E-state index contributed by atoms with van der Waals surface area (Å²) in [5, 5.41) is 9.09. The number of carbonyl (C=O) groups is 1. The number of carboxylic acids is 1. The fourth-order valence-corrected chi connectivity index (χ4v) is 1.65. The van der Waals surface area contributed by atoms with E-state index in [9.17, 15) is 14.0 Å². The number of carboxylic acid groups (broad SMARTS) is 1. The number of aromatic carboxylic acids is 1. The maximum Gasteiger partial charge on any atom is 0.353 e. The Morgan fingerprint density at radius 1 is 1.32 bits per heavy atom. The maximum absolute atomic E-state index is 12.9. The number of methoxy groups -OCH3 is 1. The van der Waals surface area contributed by atoms with Gasteiger partial charge in [0.2, 0.25) is 5.43 Å². The lowest BCUT2D eigenvalue weighted by molar-refractivity contribution is 0.0687. The second-order valence-corrected chi connectivity index (χ2v) is 3.74. The van der Waals surface area contributed by atoms with Crippen LogP contribution < -0.4 is 10.2 Å². The van der Waals surface area contributed by atoms with E-state index in [2.05, 4.69) is 0 Å². The summed E-state index contributed by atoms with van der Waals surface area (Å²) in [4.78, 5) is 22.7. The topological polar surface area (TPSA) is 68.5 Å². The minimum Gasteiger partial charge on any atom is -0.491 e. The van der Waals surface area contributed by atoms with Gasteiger partial charge in [-0.05, 0) is 24.3 Å². The van der Waals surface area contributed by atoms with Crippen molar-refractivity contribution in [3.63, 3.8) is 0 Å². The van der Waals surface area contributed by atoms with Crippen LogP contribution in [0.2, 0.25) is 0 Å². The fourth-order valence-electron chi connectivity index (χ4n) is 1.65. The second-order valence-electron chi connectivity index (χ2n) is 3.74. The highest BCUT2D eigenvalue weighted by Crippen LogP contribution is 2.15. The summed E-state index contributed by atoms with van der Waals surface area (Å²) in [5.41, 5.74) is -0.340. The van der Waals surface area contributed by atoms with E-state index in [1.807, 2.05) is 0 Å². The molecule has 19 heavy (non-hydrogen) atoms. The van der Waals surface area contributed by atoms with Crippen LogP contribution in [0.5, 0.6) is 5.75 Å². The third-order valence-electron chi connectivity index (χ3n) is 2.56. The Labute approximate surface area is 107 Å². The first-order valence-electron chi connectivity index (χ1n) is 5.33. The van der Waals surface area contributed by atoms with Gasteiger partial charge in [-0.15, -0.1) is 0 Å². The van der Waals surface area contributed by atoms with Gasteiger partial charge < -0.3 is 14.4 Å². The second kappa shape index (κ2) is 4.93. The molecule has 5 nitrogen and oxygen atoms in total. The average molecular weight is 263 g/mol. The Morgan fingerprint density at radius 2 is 1.95 bits per heavy atom. The highest BCUT2D eigenvalue weighted by molar-refractivity contribution is 5.86. The number of halogens is 1. The van der Waals surface area contributed by atoms with Gasteiger partial charge in [0, 0.05) is 11.8 Å². The molecule has 2 aromatic rings. The molecular formula is C13H10FNO4. The molecule has 0 amide bonds. The van der Waals surface area contributed by atoms with Gasteiger partial charge in [0.15, 0.2) is 5.75 Å². The van der Waals surface area contributed by atoms with E-state index in [0.717, 1.165) is 6.07 Å². The van der Waals surface area contributed by atoms with Gasteiger partial charge in [0.1, 0.15) is 11.5 Å². The molecule has 0 aliphatic heterocycles. The molecule has 2 rings (SSSR count). The van der Waals surface area contributed by atoms with E-state index in [-0.39, 0.29) is 11.4 Å². The Hall–Kier alpha value is -2.63. The van der Waals surface area contributed by atoms with Crippen molar-refractivity contribution in [2.75, 3.05) is 7.11 Å². The standard InChI is InChI=1S/C13H10FNO4/c1-19-12-7-15(9-4-2-8(14)3-5-9)10(13(17)18)6-11(12)16/h2-7H,1H3,(H,17,18). The molecule has 0 saturated carbocycles. The van der Waals surface area contributed by atoms with E-state index in [4.69, 9.17) is 9.84 Å². The van der Waals surface area contributed by atoms with Crippen LogP contribution in [0, 0.1) is 5.82 Å². The minimum atomic E-state index is -1.26. The summed E-state index contributed by atoms with van der Waals surface area (Å²) in [6, 6.07) is 6.18. The number of pyridine rings is 1. The quantitative estimate of drug-likeness (QED) is 0.914. The minimum absolute atomic E-state index is 0.00863. The molecule has 0 spiro atoms. The summed E-state index contributed by atoms with van der Waals surface area (Å²) in [6.07, 6.45) is 1.26. The summed E-state index contributed by atoms with van der Waals surface area (Å²) in [7, 11) is 1.31. The summed E-state index contributed by atoms with van der Waals surface area (Å²) in [6.45, 7) is 0. The van der Waals surface area contributed by atoms with Crippen molar-refractivity contribution in [2.24, 2.45) is 0 Å². The summed E-state index contributed by atoms with van der Waals surface area (Å²) < 4.78 is 19.0. The molecular weight excluding hydrogens is 253 g/mol. The van der Waals surface area contributed by atoms with Gasteiger partial charge in [0.25, 0.3) is 0 Å². The number of benzene rings is 1. The molecule has 6 heteroatoms. The van der Waals surface area contributed by atoms with Crippen LogP contribution in [-0.2, 0) is 0 Å². The molecule has 0 aliphatic carbocycles. The van der Waals surface area contributed by atoms with Crippen LogP contribution in [0.25, 0.3) is 5.69 Å². The van der Waals surface area contributed by atoms with Gasteiger partial charge in [0.05, 0.1) is 13.3 Å². The number of nitrogens with zero attached hydrogens (tertiary/aromatic N) is 1. The van der Waals surface area contributed by atoms with Crippen molar-refractivity contribution >= 4 is 5.97 Å². The Kier molecular flexibility index (Phi) is 3.33. The Bertz CT molecular complexity index is 676. The van der Waals surface area contributed by atoms with Crippen LogP contribution in [0.4, 0.5) is 4.39 Å². The predicted octanol–water partition coefficient (Wildman–Crippen LogP) is 1.68. The first-order valence-corrected chi connectivity index (χ1v) is 5.33. The molecule has 98 valence electrons. The van der Waals surface area contributed by atoms with Gasteiger partial charge in [-0.25, -0.2) is 9.18 Å². The number of hydrogen-bond donors (Lipinski definition) is 1. The number of ether oxygens (including phenoxy) is 1. The van der Waals surface area contributed by atoms with Crippen molar-refractivity contribution in [2.45, 2.75) is 0 Å². The zero-order valence-electron chi connectivity index (χ0n) is 9.96. The average Bonchev–Trinajstić information content (AvgIpc) is 2.39. The van der Waals surface area contributed by atoms with Crippen molar-refractivity contribution in [1.29, 1.82) is 0 Å². The van der Waals surface area contributed by atoms with Crippen LogP contribution in [0.15, 0.2) is 41.3 Å². The van der Waals surface area contributed by atoms with Crippen molar-refractivity contribution in [3.05, 3.63) is 58.3 Å². The zero-order chi connectivity index (χ0) is 14.0. The SMILES string of the molecule is COc1cn(-c2ccc(F)cc2)c(C(=O)O)cc1=O. The molecule has 1 heterocycles. The third-order valence-corrected chi connectivity index (χ3v) is 2.56. The van der Waals surface area contributed by atoms with E-state index in [1.54, 1.807) is 0 Å². The van der Waals surface area contributed by atoms with E-state index >= 15 is 0 Å². The van der Waals surface area contributed by atoms with E-state index in [0.29, 0.717) is 5.69 Å². The van der Waals surface area contributed by atoms with E-state index in [1.165, 1.54) is 42.1 Å². The lowest BCUT2D eigenvalue weighted by Crippen LogP contribution is -2.16. The van der Waals surface area contributed by atoms with Gasteiger partial charge in [-0.3, -0.25) is 4.79 Å². The smallest absolute Gasteiger partial charge is 0.353 e. The third kappa shape index (κ3) is 2.47. The lowest BCUT2D eigenvalue weighted by Gasteiger charge is -2.12. The van der Waals surface area contributed by atoms with Crippen LogP contribution in [0.1, 0.15) is 10.5 Å². The Morgan fingerprint density at radius 3 is 2.47 bits per heavy atom.